The van der Waals surface area contributed by atoms with Gasteiger partial charge < -0.3 is 9.53 Å². The van der Waals surface area contributed by atoms with Crippen LogP contribution in [0.2, 0.25) is 0 Å². The van der Waals surface area contributed by atoms with Crippen LogP contribution in [-0.2, 0) is 19.1 Å². The van der Waals surface area contributed by atoms with Crippen molar-refractivity contribution in [3.63, 3.8) is 0 Å². The van der Waals surface area contributed by atoms with Crippen molar-refractivity contribution in [3.8, 4) is 0 Å². The highest BCUT2D eigenvalue weighted by Gasteiger charge is 2.05. The molecule has 0 unspecified atom stereocenters. The van der Waals surface area contributed by atoms with E-state index in [0.29, 0.717) is 6.29 Å². The summed E-state index contributed by atoms with van der Waals surface area (Å²) >= 11 is 0. The Labute approximate surface area is 70.9 Å². The number of ether oxygens (including phenoxy) is 1. The lowest BCUT2D eigenvalue weighted by molar-refractivity contribution is -0.141. The molecule has 0 heterocycles. The highest BCUT2D eigenvalue weighted by molar-refractivity contribution is 5.84. The van der Waals surface area contributed by atoms with E-state index >= 15 is 0 Å². The fourth-order valence-electron chi connectivity index (χ4n) is 0.688. The lowest BCUT2D eigenvalue weighted by Crippen LogP contribution is -2.05. The van der Waals surface area contributed by atoms with E-state index in [9.17, 15) is 14.4 Å². The average molecular weight is 172 g/mol. The standard InChI is InChI=1S/C8H12O4/c1-12-8(11)5-4-7(10)3-2-6-9/h6H,2-5H2,1H3. The van der Waals surface area contributed by atoms with Gasteiger partial charge in [0.15, 0.2) is 0 Å². The first-order valence-electron chi connectivity index (χ1n) is 3.73. The van der Waals surface area contributed by atoms with Crippen molar-refractivity contribution in [2.24, 2.45) is 0 Å². The Kier molecular flexibility index (Phi) is 5.87. The van der Waals surface area contributed by atoms with Crippen molar-refractivity contribution >= 4 is 18.0 Å². The van der Waals surface area contributed by atoms with Crippen LogP contribution in [-0.4, -0.2) is 25.1 Å². The number of carbonyl (C=O) groups excluding carboxylic acids is 3. The van der Waals surface area contributed by atoms with E-state index in [1.807, 2.05) is 0 Å². The molecule has 0 fully saturated rings. The van der Waals surface area contributed by atoms with Gasteiger partial charge in [0, 0.05) is 19.3 Å². The van der Waals surface area contributed by atoms with E-state index in [4.69, 9.17) is 0 Å². The highest BCUT2D eigenvalue weighted by Crippen LogP contribution is 1.98. The molecule has 0 saturated heterocycles. The zero-order valence-corrected chi connectivity index (χ0v) is 7.04. The molecule has 0 rings (SSSR count). The second kappa shape index (κ2) is 6.52. The van der Waals surface area contributed by atoms with Crippen LogP contribution in [0.4, 0.5) is 0 Å². The summed E-state index contributed by atoms with van der Waals surface area (Å²) in [6.45, 7) is 0. The molecule has 0 aromatic carbocycles. The number of Topliss-reactive ketones (excluding diaryl/α,β-unsaturated/α-hetero) is 1. The fourth-order valence-corrected chi connectivity index (χ4v) is 0.688. The van der Waals surface area contributed by atoms with Crippen LogP contribution in [0, 0.1) is 0 Å². The Morgan fingerprint density at radius 1 is 1.25 bits per heavy atom. The molecule has 0 aliphatic carbocycles. The van der Waals surface area contributed by atoms with Crippen molar-refractivity contribution in [2.45, 2.75) is 25.7 Å². The number of rotatable bonds is 6. The minimum atomic E-state index is -0.394. The van der Waals surface area contributed by atoms with E-state index in [1.54, 1.807) is 0 Å². The molecule has 0 aromatic heterocycles. The van der Waals surface area contributed by atoms with Gasteiger partial charge in [0.25, 0.3) is 0 Å². The molecular formula is C8H12O4. The number of hydrogen-bond donors (Lipinski definition) is 0. The Morgan fingerprint density at radius 2 is 1.92 bits per heavy atom. The number of esters is 1. The van der Waals surface area contributed by atoms with Gasteiger partial charge in [-0.2, -0.15) is 0 Å². The maximum absolute atomic E-state index is 10.9. The fraction of sp³-hybridized carbons (Fsp3) is 0.625. The Balaban J connectivity index is 3.43. The molecular weight excluding hydrogens is 160 g/mol. The lowest BCUT2D eigenvalue weighted by Gasteiger charge is -1.96. The molecule has 0 N–H and O–H groups in total. The molecule has 0 spiro atoms. The molecule has 0 saturated carbocycles. The normalized spacial score (nSPS) is 9.08. The molecule has 0 bridgehead atoms. The van der Waals surface area contributed by atoms with Crippen molar-refractivity contribution in [1.29, 1.82) is 0 Å². The third kappa shape index (κ3) is 5.58. The summed E-state index contributed by atoms with van der Waals surface area (Å²) in [5.74, 6) is -0.470. The first-order chi connectivity index (χ1) is 5.70. The molecule has 0 amide bonds. The summed E-state index contributed by atoms with van der Waals surface area (Å²) in [6, 6.07) is 0. The molecule has 4 nitrogen and oxygen atoms in total. The number of ketones is 1. The van der Waals surface area contributed by atoms with Crippen LogP contribution in [0.1, 0.15) is 25.7 Å². The van der Waals surface area contributed by atoms with Crippen LogP contribution < -0.4 is 0 Å². The van der Waals surface area contributed by atoms with Crippen LogP contribution in [0.15, 0.2) is 0 Å². The predicted octanol–water partition coefficient (Wildman–Crippen LogP) is 0.488. The molecule has 0 atom stereocenters. The maximum Gasteiger partial charge on any atom is 0.305 e. The molecule has 0 aliphatic heterocycles. The van der Waals surface area contributed by atoms with Gasteiger partial charge in [-0.25, -0.2) is 0 Å². The number of carbonyl (C=O) groups is 3. The number of hydrogen-bond acceptors (Lipinski definition) is 4. The quantitative estimate of drug-likeness (QED) is 0.432. The van der Waals surface area contributed by atoms with E-state index in [-0.39, 0.29) is 31.5 Å². The molecule has 0 radical (unpaired) electrons. The summed E-state index contributed by atoms with van der Waals surface area (Å²) in [5, 5.41) is 0. The molecule has 0 aliphatic rings. The predicted molar refractivity (Wildman–Crippen MR) is 41.6 cm³/mol. The van der Waals surface area contributed by atoms with Crippen LogP contribution in [0.3, 0.4) is 0 Å². The third-order valence-electron chi connectivity index (χ3n) is 1.38. The van der Waals surface area contributed by atoms with E-state index in [1.165, 1.54) is 7.11 Å². The van der Waals surface area contributed by atoms with Gasteiger partial charge in [-0.3, -0.25) is 9.59 Å². The van der Waals surface area contributed by atoms with Gasteiger partial charge in [-0.05, 0) is 0 Å². The minimum absolute atomic E-state index is 0.0764. The zero-order chi connectivity index (χ0) is 9.40. The van der Waals surface area contributed by atoms with Crippen molar-refractivity contribution in [1.82, 2.24) is 0 Å². The van der Waals surface area contributed by atoms with E-state index in [2.05, 4.69) is 4.74 Å². The Bertz CT molecular complexity index is 174. The first kappa shape index (κ1) is 10.8. The summed E-state index contributed by atoms with van der Waals surface area (Å²) in [7, 11) is 1.28. The van der Waals surface area contributed by atoms with Gasteiger partial charge >= 0.3 is 5.97 Å². The summed E-state index contributed by atoms with van der Waals surface area (Å²) < 4.78 is 4.34. The molecule has 4 heteroatoms. The largest absolute Gasteiger partial charge is 0.469 e. The average Bonchev–Trinajstić information content (AvgIpc) is 2.10. The Hall–Kier alpha value is -1.19. The third-order valence-corrected chi connectivity index (χ3v) is 1.38. The maximum atomic E-state index is 10.9. The Morgan fingerprint density at radius 3 is 2.42 bits per heavy atom. The number of aldehydes is 1. The van der Waals surface area contributed by atoms with Crippen LogP contribution >= 0.6 is 0 Å². The van der Waals surface area contributed by atoms with Gasteiger partial charge in [-0.15, -0.1) is 0 Å². The van der Waals surface area contributed by atoms with Gasteiger partial charge in [0.05, 0.1) is 13.5 Å². The summed E-state index contributed by atoms with van der Waals surface area (Å²) in [6.07, 6.45) is 1.42. The second-order valence-corrected chi connectivity index (χ2v) is 2.32. The SMILES string of the molecule is COC(=O)CCC(=O)CCC=O. The molecule has 68 valence electrons. The minimum Gasteiger partial charge on any atom is -0.469 e. The molecule has 0 aromatic rings. The van der Waals surface area contributed by atoms with Gasteiger partial charge in [0.2, 0.25) is 0 Å². The first-order valence-corrected chi connectivity index (χ1v) is 3.73. The van der Waals surface area contributed by atoms with E-state index in [0.717, 1.165) is 0 Å². The van der Waals surface area contributed by atoms with Crippen molar-refractivity contribution in [2.75, 3.05) is 7.11 Å². The summed E-state index contributed by atoms with van der Waals surface area (Å²) in [5.41, 5.74) is 0. The second-order valence-electron chi connectivity index (χ2n) is 2.32. The smallest absolute Gasteiger partial charge is 0.305 e. The zero-order valence-electron chi connectivity index (χ0n) is 7.04. The van der Waals surface area contributed by atoms with Crippen molar-refractivity contribution < 1.29 is 19.1 Å². The monoisotopic (exact) mass is 172 g/mol. The highest BCUT2D eigenvalue weighted by atomic mass is 16.5. The van der Waals surface area contributed by atoms with E-state index < -0.39 is 5.97 Å². The van der Waals surface area contributed by atoms with Gasteiger partial charge in [-0.1, -0.05) is 0 Å². The van der Waals surface area contributed by atoms with Crippen LogP contribution in [0.25, 0.3) is 0 Å². The number of methoxy groups -OCH3 is 1. The summed E-state index contributed by atoms with van der Waals surface area (Å²) in [4.78, 5) is 31.3. The van der Waals surface area contributed by atoms with Crippen molar-refractivity contribution in [3.05, 3.63) is 0 Å². The van der Waals surface area contributed by atoms with Gasteiger partial charge in [0.1, 0.15) is 12.1 Å². The van der Waals surface area contributed by atoms with Crippen LogP contribution in [0.5, 0.6) is 0 Å². The lowest BCUT2D eigenvalue weighted by atomic mass is 10.1. The molecule has 12 heavy (non-hydrogen) atoms. The topological polar surface area (TPSA) is 60.4 Å².